The van der Waals surface area contributed by atoms with Gasteiger partial charge in [-0.2, -0.15) is 0 Å². The Labute approximate surface area is 142 Å². The van der Waals surface area contributed by atoms with Gasteiger partial charge in [0.1, 0.15) is 22.8 Å². The van der Waals surface area contributed by atoms with Crippen LogP contribution in [0.3, 0.4) is 0 Å². The third kappa shape index (κ3) is 2.89. The van der Waals surface area contributed by atoms with E-state index in [9.17, 15) is 8.78 Å². The van der Waals surface area contributed by atoms with Gasteiger partial charge in [0.15, 0.2) is 0 Å². The fourth-order valence-electron chi connectivity index (χ4n) is 2.62. The molecule has 6 heteroatoms. The van der Waals surface area contributed by atoms with E-state index in [0.29, 0.717) is 28.0 Å². The van der Waals surface area contributed by atoms with Crippen LogP contribution in [-0.2, 0) is 0 Å². The average molecular weight is 334 g/mol. The Morgan fingerprint density at radius 1 is 0.640 bits per heavy atom. The zero-order valence-corrected chi connectivity index (χ0v) is 12.9. The van der Waals surface area contributed by atoms with Crippen LogP contribution < -0.4 is 5.73 Å². The van der Waals surface area contributed by atoms with Gasteiger partial charge in [0.2, 0.25) is 5.95 Å². The predicted octanol–water partition coefficient (Wildman–Crippen LogP) is 4.22. The van der Waals surface area contributed by atoms with Crippen LogP contribution in [0.4, 0.5) is 14.7 Å². The number of halogens is 2. The Hall–Kier alpha value is -3.41. The summed E-state index contributed by atoms with van der Waals surface area (Å²) in [6.45, 7) is 0. The minimum absolute atomic E-state index is 0.114. The highest BCUT2D eigenvalue weighted by molar-refractivity contribution is 5.91. The molecule has 0 amide bonds. The van der Waals surface area contributed by atoms with Crippen LogP contribution >= 0.6 is 0 Å². The number of rotatable bonds is 2. The van der Waals surface area contributed by atoms with E-state index in [0.717, 1.165) is 5.56 Å². The molecule has 0 bridgehead atoms. The Morgan fingerprint density at radius 3 is 1.88 bits per heavy atom. The van der Waals surface area contributed by atoms with E-state index in [1.165, 1.54) is 24.3 Å². The summed E-state index contributed by atoms with van der Waals surface area (Å²) in [6.07, 6.45) is 0. The second kappa shape index (κ2) is 5.90. The van der Waals surface area contributed by atoms with Crippen molar-refractivity contribution in [1.82, 2.24) is 15.0 Å². The van der Waals surface area contributed by atoms with Crippen molar-refractivity contribution in [2.45, 2.75) is 0 Å². The van der Waals surface area contributed by atoms with Crippen molar-refractivity contribution in [3.63, 3.8) is 0 Å². The first-order valence-electron chi connectivity index (χ1n) is 7.56. The summed E-state index contributed by atoms with van der Waals surface area (Å²) < 4.78 is 26.3. The maximum absolute atomic E-state index is 13.2. The number of anilines is 1. The van der Waals surface area contributed by atoms with Crippen molar-refractivity contribution in [2.24, 2.45) is 0 Å². The van der Waals surface area contributed by atoms with E-state index < -0.39 is 0 Å². The van der Waals surface area contributed by atoms with Gasteiger partial charge in [-0.1, -0.05) is 0 Å². The molecule has 0 aliphatic carbocycles. The third-order valence-electron chi connectivity index (χ3n) is 3.82. The van der Waals surface area contributed by atoms with E-state index in [1.807, 2.05) is 0 Å². The molecule has 0 saturated carbocycles. The number of benzene rings is 2. The second-order valence-corrected chi connectivity index (χ2v) is 5.51. The van der Waals surface area contributed by atoms with Crippen molar-refractivity contribution < 1.29 is 8.78 Å². The number of nitrogens with zero attached hydrogens (tertiary/aromatic N) is 3. The molecule has 0 spiro atoms. The molecule has 4 aromatic rings. The normalized spacial score (nSPS) is 11.0. The number of aromatic nitrogens is 3. The minimum Gasteiger partial charge on any atom is -0.368 e. The van der Waals surface area contributed by atoms with Crippen LogP contribution in [0, 0.1) is 11.6 Å². The molecule has 2 aromatic carbocycles. The van der Waals surface area contributed by atoms with Gasteiger partial charge in [0.25, 0.3) is 0 Å². The van der Waals surface area contributed by atoms with Crippen molar-refractivity contribution >= 4 is 17.0 Å². The van der Waals surface area contributed by atoms with Gasteiger partial charge < -0.3 is 5.73 Å². The molecule has 25 heavy (non-hydrogen) atoms. The molecule has 0 radical (unpaired) electrons. The molecule has 0 aliphatic rings. The molecule has 0 unspecified atom stereocenters. The average Bonchev–Trinajstić information content (AvgIpc) is 2.62. The highest BCUT2D eigenvalue weighted by Crippen LogP contribution is 2.28. The van der Waals surface area contributed by atoms with Crippen LogP contribution in [-0.4, -0.2) is 15.0 Å². The highest BCUT2D eigenvalue weighted by atomic mass is 19.1. The Kier molecular flexibility index (Phi) is 3.57. The lowest BCUT2D eigenvalue weighted by molar-refractivity contribution is 0.627. The van der Waals surface area contributed by atoms with E-state index in [2.05, 4.69) is 15.0 Å². The lowest BCUT2D eigenvalue weighted by Crippen LogP contribution is -2.00. The van der Waals surface area contributed by atoms with Crippen molar-refractivity contribution in [2.75, 3.05) is 5.73 Å². The van der Waals surface area contributed by atoms with Gasteiger partial charge in [-0.15, -0.1) is 0 Å². The summed E-state index contributed by atoms with van der Waals surface area (Å²) in [6, 6.07) is 15.6. The smallest absolute Gasteiger partial charge is 0.221 e. The van der Waals surface area contributed by atoms with Gasteiger partial charge >= 0.3 is 0 Å². The molecule has 0 fully saturated rings. The van der Waals surface area contributed by atoms with Gasteiger partial charge in [-0.05, 0) is 60.7 Å². The number of hydrogen-bond acceptors (Lipinski definition) is 4. The van der Waals surface area contributed by atoms with Crippen LogP contribution in [0.1, 0.15) is 0 Å². The van der Waals surface area contributed by atoms with Crippen LogP contribution in [0.5, 0.6) is 0 Å². The third-order valence-corrected chi connectivity index (χ3v) is 3.82. The molecule has 4 nitrogen and oxygen atoms in total. The van der Waals surface area contributed by atoms with Crippen molar-refractivity contribution in [1.29, 1.82) is 0 Å². The SMILES string of the molecule is Nc1nc(-c2ccc(F)cc2)c2nc(-c3ccc(F)cc3)ccc2n1. The van der Waals surface area contributed by atoms with Gasteiger partial charge in [0, 0.05) is 11.1 Å². The van der Waals surface area contributed by atoms with Gasteiger partial charge in [-0.3, -0.25) is 0 Å². The molecule has 4 rings (SSSR count). The summed E-state index contributed by atoms with van der Waals surface area (Å²) in [5, 5.41) is 0. The molecular formula is C19H12F2N4. The molecule has 2 N–H and O–H groups in total. The summed E-state index contributed by atoms with van der Waals surface area (Å²) >= 11 is 0. The number of hydrogen-bond donors (Lipinski definition) is 1. The summed E-state index contributed by atoms with van der Waals surface area (Å²) in [5.41, 5.74) is 9.55. The lowest BCUT2D eigenvalue weighted by Gasteiger charge is -2.08. The fraction of sp³-hybridized carbons (Fsp3) is 0. The molecule has 2 heterocycles. The number of pyridine rings is 1. The zero-order valence-electron chi connectivity index (χ0n) is 12.9. The van der Waals surface area contributed by atoms with E-state index in [-0.39, 0.29) is 17.6 Å². The first-order chi connectivity index (χ1) is 12.1. The van der Waals surface area contributed by atoms with Crippen LogP contribution in [0.15, 0.2) is 60.7 Å². The number of nitrogens with two attached hydrogens (primary N) is 1. The number of fused-ring (bicyclic) bond motifs is 1. The summed E-state index contributed by atoms with van der Waals surface area (Å²) in [7, 11) is 0. The molecular weight excluding hydrogens is 322 g/mol. The van der Waals surface area contributed by atoms with Crippen LogP contribution in [0.2, 0.25) is 0 Å². The summed E-state index contributed by atoms with van der Waals surface area (Å²) in [5.74, 6) is -0.536. The quantitative estimate of drug-likeness (QED) is 0.596. The Bertz CT molecular complexity index is 1060. The molecule has 0 atom stereocenters. The summed E-state index contributed by atoms with van der Waals surface area (Å²) in [4.78, 5) is 13.1. The largest absolute Gasteiger partial charge is 0.368 e. The topological polar surface area (TPSA) is 64.7 Å². The fourth-order valence-corrected chi connectivity index (χ4v) is 2.62. The van der Waals surface area contributed by atoms with Crippen molar-refractivity contribution in [3.8, 4) is 22.5 Å². The van der Waals surface area contributed by atoms with E-state index >= 15 is 0 Å². The van der Waals surface area contributed by atoms with Gasteiger partial charge in [0.05, 0.1) is 11.2 Å². The number of nitrogen functional groups attached to an aromatic ring is 1. The van der Waals surface area contributed by atoms with Crippen molar-refractivity contribution in [3.05, 3.63) is 72.3 Å². The second-order valence-electron chi connectivity index (χ2n) is 5.51. The zero-order chi connectivity index (χ0) is 17.4. The van der Waals surface area contributed by atoms with Crippen LogP contribution in [0.25, 0.3) is 33.5 Å². The lowest BCUT2D eigenvalue weighted by atomic mass is 10.1. The van der Waals surface area contributed by atoms with E-state index in [4.69, 9.17) is 5.73 Å². The molecule has 0 saturated heterocycles. The van der Waals surface area contributed by atoms with Gasteiger partial charge in [-0.25, -0.2) is 23.7 Å². The predicted molar refractivity (Wildman–Crippen MR) is 92.5 cm³/mol. The molecule has 0 aliphatic heterocycles. The standard InChI is InChI=1S/C19H12F2N4/c20-13-5-1-11(2-6-13)15-9-10-16-18(23-15)17(25-19(22)24-16)12-3-7-14(21)8-4-12/h1-10H,(H2,22,24,25). The molecule has 122 valence electrons. The Morgan fingerprint density at radius 2 is 1.24 bits per heavy atom. The Balaban J connectivity index is 1.93. The maximum atomic E-state index is 13.2. The minimum atomic E-state index is -0.338. The highest BCUT2D eigenvalue weighted by Gasteiger charge is 2.12. The first kappa shape index (κ1) is 15.1. The maximum Gasteiger partial charge on any atom is 0.221 e. The van der Waals surface area contributed by atoms with E-state index in [1.54, 1.807) is 36.4 Å². The first-order valence-corrected chi connectivity index (χ1v) is 7.56. The molecule has 2 aromatic heterocycles. The monoisotopic (exact) mass is 334 g/mol.